The van der Waals surface area contributed by atoms with E-state index in [1.165, 1.54) is 38.2 Å². The minimum Gasteiger partial charge on any atom is -0.489 e. The van der Waals surface area contributed by atoms with E-state index >= 15 is 0 Å². The maximum absolute atomic E-state index is 12.7. The van der Waals surface area contributed by atoms with Crippen molar-refractivity contribution in [3.63, 3.8) is 0 Å². The van der Waals surface area contributed by atoms with Gasteiger partial charge in [-0.25, -0.2) is 8.42 Å². The number of nitrogens with zero attached hydrogens (tertiary/aromatic N) is 1. The first-order valence-corrected chi connectivity index (χ1v) is 11.6. The highest BCUT2D eigenvalue weighted by Gasteiger charge is 2.23. The predicted molar refractivity (Wildman–Crippen MR) is 126 cm³/mol. The van der Waals surface area contributed by atoms with Crippen LogP contribution in [-0.4, -0.2) is 38.1 Å². The van der Waals surface area contributed by atoms with Crippen molar-refractivity contribution in [2.45, 2.75) is 18.4 Å². The lowest BCUT2D eigenvalue weighted by Crippen LogP contribution is -2.34. The van der Waals surface area contributed by atoms with Gasteiger partial charge in [0.15, 0.2) is 0 Å². The fourth-order valence-electron chi connectivity index (χ4n) is 2.96. The van der Waals surface area contributed by atoms with Crippen LogP contribution in [0.2, 0.25) is 0 Å². The molecule has 172 valence electrons. The average molecular weight is 468 g/mol. The number of carbonyl (C=O) groups is 2. The molecule has 0 heterocycles. The number of likely N-dealkylation sites (N-methyl/N-ethyl adjacent to an activating group) is 1. The third-order valence-electron chi connectivity index (χ3n) is 4.64. The Morgan fingerprint density at radius 1 is 0.848 bits per heavy atom. The van der Waals surface area contributed by atoms with Gasteiger partial charge in [-0.3, -0.25) is 9.59 Å². The molecule has 0 saturated heterocycles. The van der Waals surface area contributed by atoms with E-state index in [0.29, 0.717) is 23.7 Å². The van der Waals surface area contributed by atoms with Gasteiger partial charge in [0, 0.05) is 25.3 Å². The van der Waals surface area contributed by atoms with Gasteiger partial charge in [0.1, 0.15) is 12.4 Å². The Morgan fingerprint density at radius 2 is 1.42 bits per heavy atom. The Bertz CT molecular complexity index is 1200. The van der Waals surface area contributed by atoms with E-state index in [2.05, 4.69) is 10.6 Å². The molecule has 3 aromatic rings. The molecule has 0 fully saturated rings. The van der Waals surface area contributed by atoms with E-state index < -0.39 is 15.9 Å². The summed E-state index contributed by atoms with van der Waals surface area (Å²) >= 11 is 0. The van der Waals surface area contributed by atoms with Gasteiger partial charge >= 0.3 is 0 Å². The van der Waals surface area contributed by atoms with Crippen LogP contribution >= 0.6 is 0 Å². The number of nitrogens with one attached hydrogen (secondary N) is 2. The second kappa shape index (κ2) is 10.8. The minimum absolute atomic E-state index is 0.0202. The second-order valence-corrected chi connectivity index (χ2v) is 9.36. The normalized spacial score (nSPS) is 11.1. The zero-order valence-electron chi connectivity index (χ0n) is 18.3. The Hall–Kier alpha value is -3.69. The number of amides is 2. The van der Waals surface area contributed by atoms with Crippen LogP contribution in [0.5, 0.6) is 5.75 Å². The quantitative estimate of drug-likeness (QED) is 0.501. The van der Waals surface area contributed by atoms with Crippen LogP contribution in [-0.2, 0) is 26.2 Å². The molecule has 9 heteroatoms. The molecule has 8 nitrogen and oxygen atoms in total. The Morgan fingerprint density at radius 3 is 2.03 bits per heavy atom. The van der Waals surface area contributed by atoms with Crippen molar-refractivity contribution < 1.29 is 22.7 Å². The smallest absolute Gasteiger partial charge is 0.243 e. The van der Waals surface area contributed by atoms with E-state index in [9.17, 15) is 18.0 Å². The summed E-state index contributed by atoms with van der Waals surface area (Å²) in [7, 11) is -2.54. The maximum atomic E-state index is 12.7. The average Bonchev–Trinajstić information content (AvgIpc) is 2.79. The van der Waals surface area contributed by atoms with Crippen LogP contribution in [0.3, 0.4) is 0 Å². The molecular formula is C24H25N3O5S. The zero-order valence-corrected chi connectivity index (χ0v) is 19.1. The number of ether oxygens (including phenoxy) is 1. The number of rotatable bonds is 9. The summed E-state index contributed by atoms with van der Waals surface area (Å²) in [5, 5.41) is 5.25. The molecule has 0 atom stereocenters. The first kappa shape index (κ1) is 24.0. The van der Waals surface area contributed by atoms with Gasteiger partial charge in [-0.05, 0) is 54.1 Å². The lowest BCUT2D eigenvalue weighted by atomic mass is 10.2. The molecule has 2 N–H and O–H groups in total. The predicted octanol–water partition coefficient (Wildman–Crippen LogP) is 3.48. The maximum Gasteiger partial charge on any atom is 0.243 e. The van der Waals surface area contributed by atoms with Gasteiger partial charge in [0.2, 0.25) is 21.8 Å². The monoisotopic (exact) mass is 467 g/mol. The lowest BCUT2D eigenvalue weighted by Gasteiger charge is -2.17. The summed E-state index contributed by atoms with van der Waals surface area (Å²) < 4.78 is 32.1. The van der Waals surface area contributed by atoms with Crippen molar-refractivity contribution in [3.05, 3.63) is 84.4 Å². The molecule has 0 aliphatic carbocycles. The molecule has 33 heavy (non-hydrogen) atoms. The van der Waals surface area contributed by atoms with Crippen LogP contribution < -0.4 is 15.4 Å². The van der Waals surface area contributed by atoms with Crippen molar-refractivity contribution in [3.8, 4) is 5.75 Å². The Labute approximate surface area is 193 Å². The van der Waals surface area contributed by atoms with Crippen LogP contribution in [0, 0.1) is 0 Å². The largest absolute Gasteiger partial charge is 0.489 e. The van der Waals surface area contributed by atoms with Crippen molar-refractivity contribution in [2.75, 3.05) is 24.2 Å². The van der Waals surface area contributed by atoms with E-state index in [0.717, 1.165) is 9.87 Å². The highest BCUT2D eigenvalue weighted by atomic mass is 32.2. The molecule has 0 radical (unpaired) electrons. The number of hydrogen-bond acceptors (Lipinski definition) is 5. The molecular weight excluding hydrogens is 442 g/mol. The van der Waals surface area contributed by atoms with Crippen LogP contribution in [0.25, 0.3) is 0 Å². The first-order valence-electron chi connectivity index (χ1n) is 10.1. The van der Waals surface area contributed by atoms with E-state index in [4.69, 9.17) is 4.74 Å². The van der Waals surface area contributed by atoms with Crippen molar-refractivity contribution in [2.24, 2.45) is 0 Å². The molecule has 0 aromatic heterocycles. The number of carbonyl (C=O) groups excluding carboxylic acids is 2. The fourth-order valence-corrected chi connectivity index (χ4v) is 4.08. The molecule has 3 rings (SSSR count). The topological polar surface area (TPSA) is 105 Å². The fraction of sp³-hybridized carbons (Fsp3) is 0.167. The van der Waals surface area contributed by atoms with Crippen LogP contribution in [0.15, 0.2) is 83.8 Å². The standard InChI is InChI=1S/C24H25N3O5S/c1-18(28)25-20-10-14-23(15-11-20)33(30,31)27(2)16-24(29)26-21-8-12-22(13-9-21)32-17-19-6-4-3-5-7-19/h3-15H,16-17H2,1-2H3,(H,25,28)(H,26,29). The molecule has 0 saturated carbocycles. The number of hydrogen-bond donors (Lipinski definition) is 2. The van der Waals surface area contributed by atoms with E-state index in [-0.39, 0.29) is 17.3 Å². The van der Waals surface area contributed by atoms with Gasteiger partial charge < -0.3 is 15.4 Å². The summed E-state index contributed by atoms with van der Waals surface area (Å²) in [5.74, 6) is -0.0802. The van der Waals surface area contributed by atoms with Gasteiger partial charge in [-0.2, -0.15) is 4.31 Å². The van der Waals surface area contributed by atoms with Gasteiger partial charge in [-0.1, -0.05) is 30.3 Å². The van der Waals surface area contributed by atoms with Gasteiger partial charge in [0.05, 0.1) is 11.4 Å². The third kappa shape index (κ3) is 6.90. The summed E-state index contributed by atoms with van der Waals surface area (Å²) in [4.78, 5) is 23.5. The second-order valence-electron chi connectivity index (χ2n) is 7.31. The molecule has 0 unspecified atom stereocenters. The summed E-state index contributed by atoms with van der Waals surface area (Å²) in [6, 6.07) is 22.3. The first-order chi connectivity index (χ1) is 15.7. The Balaban J connectivity index is 1.54. The number of benzene rings is 3. The summed E-state index contributed by atoms with van der Waals surface area (Å²) in [6.07, 6.45) is 0. The summed E-state index contributed by atoms with van der Waals surface area (Å²) in [6.45, 7) is 1.44. The third-order valence-corrected chi connectivity index (χ3v) is 6.45. The molecule has 0 spiro atoms. The molecule has 0 aliphatic heterocycles. The summed E-state index contributed by atoms with van der Waals surface area (Å²) in [5.41, 5.74) is 2.06. The molecule has 0 aliphatic rings. The highest BCUT2D eigenvalue weighted by molar-refractivity contribution is 7.89. The number of sulfonamides is 1. The van der Waals surface area contributed by atoms with E-state index in [1.54, 1.807) is 24.3 Å². The van der Waals surface area contributed by atoms with Crippen molar-refractivity contribution in [1.82, 2.24) is 4.31 Å². The SMILES string of the molecule is CC(=O)Nc1ccc(S(=O)(=O)N(C)CC(=O)Nc2ccc(OCc3ccccc3)cc2)cc1. The van der Waals surface area contributed by atoms with Crippen LogP contribution in [0.4, 0.5) is 11.4 Å². The molecule has 3 aromatic carbocycles. The van der Waals surface area contributed by atoms with Crippen molar-refractivity contribution in [1.29, 1.82) is 0 Å². The Kier molecular flexibility index (Phi) is 7.81. The number of anilines is 2. The van der Waals surface area contributed by atoms with E-state index in [1.807, 2.05) is 30.3 Å². The highest BCUT2D eigenvalue weighted by Crippen LogP contribution is 2.19. The molecule has 2 amide bonds. The van der Waals surface area contributed by atoms with Gasteiger partial charge in [0.25, 0.3) is 0 Å². The lowest BCUT2D eigenvalue weighted by molar-refractivity contribution is -0.116. The van der Waals surface area contributed by atoms with Crippen molar-refractivity contribution >= 4 is 33.2 Å². The minimum atomic E-state index is -3.87. The van der Waals surface area contributed by atoms with Crippen LogP contribution in [0.1, 0.15) is 12.5 Å². The molecule has 0 bridgehead atoms. The zero-order chi connectivity index (χ0) is 23.8. The van der Waals surface area contributed by atoms with Gasteiger partial charge in [-0.15, -0.1) is 0 Å².